The van der Waals surface area contributed by atoms with Gasteiger partial charge in [-0.1, -0.05) is 43.2 Å². The summed E-state index contributed by atoms with van der Waals surface area (Å²) in [5.41, 5.74) is 0.985. The van der Waals surface area contributed by atoms with E-state index < -0.39 is 0 Å². The van der Waals surface area contributed by atoms with E-state index in [1.54, 1.807) is 4.90 Å². The molecule has 1 aliphatic heterocycles. The van der Waals surface area contributed by atoms with E-state index in [1.807, 2.05) is 30.3 Å². The average molecular weight is 287 g/mol. The zero-order valence-corrected chi connectivity index (χ0v) is 12.2. The standard InChI is InChI=1S/C17H21NO3/c19-16-10-11-18(15-9-5-4-8-14(15)16)17(20)21-12-13-6-2-1-3-7-13/h1-3,6-7,14-15H,4-5,8-12H2/t14-,15+/m1/s1. The molecule has 1 amide bonds. The van der Waals surface area contributed by atoms with Crippen molar-refractivity contribution in [3.05, 3.63) is 35.9 Å². The highest BCUT2D eigenvalue weighted by molar-refractivity contribution is 5.84. The minimum absolute atomic E-state index is 0.0387. The number of carbonyl (C=O) groups excluding carboxylic acids is 2. The van der Waals surface area contributed by atoms with Crippen LogP contribution in [0.15, 0.2) is 30.3 Å². The number of piperidine rings is 1. The third-order valence-electron chi connectivity index (χ3n) is 4.58. The summed E-state index contributed by atoms with van der Waals surface area (Å²) in [6, 6.07) is 9.74. The summed E-state index contributed by atoms with van der Waals surface area (Å²) < 4.78 is 5.43. The maximum Gasteiger partial charge on any atom is 0.410 e. The molecule has 1 aliphatic carbocycles. The van der Waals surface area contributed by atoms with E-state index in [0.717, 1.165) is 31.2 Å². The van der Waals surface area contributed by atoms with Gasteiger partial charge < -0.3 is 9.64 Å². The van der Waals surface area contributed by atoms with Gasteiger partial charge in [-0.2, -0.15) is 0 Å². The Morgan fingerprint density at radius 3 is 2.76 bits per heavy atom. The molecule has 0 N–H and O–H groups in total. The third kappa shape index (κ3) is 3.09. The number of benzene rings is 1. The quantitative estimate of drug-likeness (QED) is 0.839. The summed E-state index contributed by atoms with van der Waals surface area (Å²) >= 11 is 0. The molecule has 0 aromatic heterocycles. The van der Waals surface area contributed by atoms with Crippen LogP contribution in [-0.4, -0.2) is 29.4 Å². The minimum atomic E-state index is -0.275. The van der Waals surface area contributed by atoms with E-state index in [1.165, 1.54) is 0 Å². The lowest BCUT2D eigenvalue weighted by Crippen LogP contribution is -2.53. The number of hydrogen-bond acceptors (Lipinski definition) is 3. The second-order valence-electron chi connectivity index (χ2n) is 5.91. The zero-order chi connectivity index (χ0) is 14.7. The Kier molecular flexibility index (Phi) is 4.23. The highest BCUT2D eigenvalue weighted by Crippen LogP contribution is 2.33. The summed E-state index contributed by atoms with van der Waals surface area (Å²) in [7, 11) is 0. The molecule has 4 nitrogen and oxygen atoms in total. The number of ether oxygens (including phenoxy) is 1. The lowest BCUT2D eigenvalue weighted by Gasteiger charge is -2.42. The Balaban J connectivity index is 1.62. The van der Waals surface area contributed by atoms with E-state index in [4.69, 9.17) is 4.74 Å². The number of Topliss-reactive ketones (excluding diaryl/α,β-unsaturated/α-hetero) is 1. The van der Waals surface area contributed by atoms with Crippen molar-refractivity contribution in [2.24, 2.45) is 5.92 Å². The second-order valence-corrected chi connectivity index (χ2v) is 5.91. The molecule has 1 saturated carbocycles. The van der Waals surface area contributed by atoms with Crippen LogP contribution >= 0.6 is 0 Å². The smallest absolute Gasteiger partial charge is 0.410 e. The van der Waals surface area contributed by atoms with E-state index in [2.05, 4.69) is 0 Å². The predicted octanol–water partition coefficient (Wildman–Crippen LogP) is 3.16. The van der Waals surface area contributed by atoms with Crippen molar-refractivity contribution < 1.29 is 14.3 Å². The normalized spacial score (nSPS) is 25.3. The summed E-state index contributed by atoms with van der Waals surface area (Å²) in [5, 5.41) is 0. The molecule has 0 bridgehead atoms. The molecule has 21 heavy (non-hydrogen) atoms. The van der Waals surface area contributed by atoms with Gasteiger partial charge in [0.15, 0.2) is 0 Å². The summed E-state index contributed by atoms with van der Waals surface area (Å²) in [5.74, 6) is 0.364. The maximum atomic E-state index is 12.3. The van der Waals surface area contributed by atoms with E-state index in [9.17, 15) is 9.59 Å². The Bertz CT molecular complexity index is 514. The third-order valence-corrected chi connectivity index (χ3v) is 4.58. The number of hydrogen-bond donors (Lipinski definition) is 0. The summed E-state index contributed by atoms with van der Waals surface area (Å²) in [4.78, 5) is 26.1. The monoisotopic (exact) mass is 287 g/mol. The van der Waals surface area contributed by atoms with Gasteiger partial charge in [0.2, 0.25) is 0 Å². The van der Waals surface area contributed by atoms with Crippen molar-refractivity contribution in [1.82, 2.24) is 4.90 Å². The number of carbonyl (C=O) groups is 2. The molecule has 4 heteroatoms. The van der Waals surface area contributed by atoms with Crippen LogP contribution in [0.2, 0.25) is 0 Å². The van der Waals surface area contributed by atoms with Gasteiger partial charge in [-0.25, -0.2) is 4.79 Å². The topological polar surface area (TPSA) is 46.6 Å². The van der Waals surface area contributed by atoms with Gasteiger partial charge in [-0.05, 0) is 18.4 Å². The minimum Gasteiger partial charge on any atom is -0.445 e. The first-order valence-electron chi connectivity index (χ1n) is 7.76. The van der Waals surface area contributed by atoms with Crippen LogP contribution in [0.4, 0.5) is 4.79 Å². The van der Waals surface area contributed by atoms with E-state index in [0.29, 0.717) is 25.4 Å². The fraction of sp³-hybridized carbons (Fsp3) is 0.529. The number of fused-ring (bicyclic) bond motifs is 1. The summed E-state index contributed by atoms with van der Waals surface area (Å²) in [6.45, 7) is 0.801. The number of likely N-dealkylation sites (tertiary alicyclic amines) is 1. The highest BCUT2D eigenvalue weighted by atomic mass is 16.6. The van der Waals surface area contributed by atoms with Crippen LogP contribution in [0, 0.1) is 5.92 Å². The molecular weight excluding hydrogens is 266 g/mol. The molecule has 0 radical (unpaired) electrons. The Labute approximate surface area is 125 Å². The molecule has 0 spiro atoms. The Morgan fingerprint density at radius 2 is 1.95 bits per heavy atom. The second kappa shape index (κ2) is 6.29. The maximum absolute atomic E-state index is 12.3. The number of nitrogens with zero attached hydrogens (tertiary/aromatic N) is 1. The molecule has 2 fully saturated rings. The van der Waals surface area contributed by atoms with Crippen molar-refractivity contribution in [3.8, 4) is 0 Å². The first kappa shape index (κ1) is 14.1. The largest absolute Gasteiger partial charge is 0.445 e. The van der Waals surface area contributed by atoms with Crippen LogP contribution in [-0.2, 0) is 16.1 Å². The molecule has 112 valence electrons. The van der Waals surface area contributed by atoms with Gasteiger partial charge in [-0.15, -0.1) is 0 Å². The van der Waals surface area contributed by atoms with Gasteiger partial charge >= 0.3 is 6.09 Å². The van der Waals surface area contributed by atoms with Gasteiger partial charge in [0, 0.05) is 24.9 Å². The molecule has 1 aromatic carbocycles. The fourth-order valence-electron chi connectivity index (χ4n) is 3.47. The highest BCUT2D eigenvalue weighted by Gasteiger charge is 2.41. The van der Waals surface area contributed by atoms with Crippen molar-refractivity contribution in [2.45, 2.75) is 44.8 Å². The van der Waals surface area contributed by atoms with Crippen molar-refractivity contribution in [1.29, 1.82) is 0 Å². The SMILES string of the molecule is O=C1CCN(C(=O)OCc2ccccc2)[C@H]2CCCC[C@@H]12. The van der Waals surface area contributed by atoms with Crippen LogP contribution in [0.5, 0.6) is 0 Å². The molecule has 0 unspecified atom stereocenters. The predicted molar refractivity (Wildman–Crippen MR) is 78.7 cm³/mol. The number of amides is 1. The first-order chi connectivity index (χ1) is 10.3. The zero-order valence-electron chi connectivity index (χ0n) is 12.2. The molecule has 2 aliphatic rings. The molecule has 1 saturated heterocycles. The number of ketones is 1. The van der Waals surface area contributed by atoms with Crippen molar-refractivity contribution in [3.63, 3.8) is 0 Å². The molecule has 2 atom stereocenters. The van der Waals surface area contributed by atoms with Crippen LogP contribution in [0.25, 0.3) is 0 Å². The Hall–Kier alpha value is -1.84. The molecular formula is C17H21NO3. The lowest BCUT2D eigenvalue weighted by atomic mass is 9.78. The van der Waals surface area contributed by atoms with E-state index in [-0.39, 0.29) is 18.1 Å². The summed E-state index contributed by atoms with van der Waals surface area (Å²) in [6.07, 6.45) is 4.24. The van der Waals surface area contributed by atoms with E-state index >= 15 is 0 Å². The van der Waals surface area contributed by atoms with Crippen LogP contribution in [0.3, 0.4) is 0 Å². The van der Waals surface area contributed by atoms with Crippen LogP contribution < -0.4 is 0 Å². The van der Waals surface area contributed by atoms with Crippen molar-refractivity contribution in [2.75, 3.05) is 6.54 Å². The molecule has 1 heterocycles. The van der Waals surface area contributed by atoms with Gasteiger partial charge in [0.25, 0.3) is 0 Å². The van der Waals surface area contributed by atoms with Gasteiger partial charge in [0.05, 0.1) is 0 Å². The van der Waals surface area contributed by atoms with Gasteiger partial charge in [0.1, 0.15) is 12.4 Å². The van der Waals surface area contributed by atoms with Gasteiger partial charge in [-0.3, -0.25) is 4.79 Å². The first-order valence-corrected chi connectivity index (χ1v) is 7.76. The molecule has 1 aromatic rings. The Morgan fingerprint density at radius 1 is 1.19 bits per heavy atom. The number of rotatable bonds is 2. The lowest BCUT2D eigenvalue weighted by molar-refractivity contribution is -0.129. The van der Waals surface area contributed by atoms with Crippen LogP contribution in [0.1, 0.15) is 37.7 Å². The fourth-order valence-corrected chi connectivity index (χ4v) is 3.47. The van der Waals surface area contributed by atoms with Crippen molar-refractivity contribution >= 4 is 11.9 Å². The molecule has 3 rings (SSSR count). The average Bonchev–Trinajstić information content (AvgIpc) is 2.54.